The van der Waals surface area contributed by atoms with Crippen molar-refractivity contribution in [1.29, 1.82) is 0 Å². The van der Waals surface area contributed by atoms with E-state index in [0.29, 0.717) is 22.8 Å². The van der Waals surface area contributed by atoms with Gasteiger partial charge in [-0.25, -0.2) is 4.79 Å². The predicted molar refractivity (Wildman–Crippen MR) is 97.5 cm³/mol. The average molecular weight is 367 g/mol. The first kappa shape index (κ1) is 19.4. The van der Waals surface area contributed by atoms with Gasteiger partial charge in [-0.3, -0.25) is 4.79 Å². The van der Waals surface area contributed by atoms with Gasteiger partial charge in [0.15, 0.2) is 0 Å². The molecule has 138 valence electrons. The fourth-order valence-electron chi connectivity index (χ4n) is 2.90. The highest BCUT2D eigenvalue weighted by Gasteiger charge is 2.41. The van der Waals surface area contributed by atoms with Crippen molar-refractivity contribution >= 4 is 23.6 Å². The monoisotopic (exact) mass is 367 g/mol. The van der Waals surface area contributed by atoms with Gasteiger partial charge in [-0.05, 0) is 18.6 Å². The molecule has 1 heterocycles. The van der Waals surface area contributed by atoms with E-state index in [9.17, 15) is 14.7 Å². The largest absolute Gasteiger partial charge is 0.497 e. The third kappa shape index (κ3) is 4.60. The Labute approximate surface area is 152 Å². The van der Waals surface area contributed by atoms with Crippen molar-refractivity contribution in [3.63, 3.8) is 0 Å². The second kappa shape index (κ2) is 8.99. The highest BCUT2D eigenvalue weighted by molar-refractivity contribution is 8.00. The molecule has 0 aromatic heterocycles. The number of carboxylic acids is 1. The Kier molecular flexibility index (Phi) is 6.99. The van der Waals surface area contributed by atoms with Crippen LogP contribution < -0.4 is 9.47 Å². The number of thioether (sulfide) groups is 1. The number of nitrogens with zero attached hydrogens (tertiary/aromatic N) is 1. The zero-order valence-electron chi connectivity index (χ0n) is 14.9. The van der Waals surface area contributed by atoms with Gasteiger partial charge in [-0.2, -0.15) is 0 Å². The first-order valence-corrected chi connectivity index (χ1v) is 9.46. The molecule has 0 saturated carbocycles. The molecule has 2 atom stereocenters. The number of benzene rings is 1. The molecule has 1 aromatic rings. The maximum atomic E-state index is 13.1. The van der Waals surface area contributed by atoms with Crippen LogP contribution in [0.4, 0.5) is 0 Å². The molecule has 0 aliphatic carbocycles. The van der Waals surface area contributed by atoms with E-state index in [4.69, 9.17) is 9.47 Å². The minimum atomic E-state index is -0.964. The van der Waals surface area contributed by atoms with Gasteiger partial charge in [0.2, 0.25) is 0 Å². The van der Waals surface area contributed by atoms with Gasteiger partial charge in [0, 0.05) is 17.4 Å². The number of hydrogen-bond donors (Lipinski definition) is 1. The number of carbonyl (C=O) groups is 2. The second-order valence-electron chi connectivity index (χ2n) is 5.95. The normalized spacial score (nSPS) is 19.7. The molecule has 0 unspecified atom stereocenters. The van der Waals surface area contributed by atoms with E-state index in [1.54, 1.807) is 30.0 Å². The summed E-state index contributed by atoms with van der Waals surface area (Å²) in [7, 11) is 3.03. The second-order valence-corrected chi connectivity index (χ2v) is 7.16. The fraction of sp³-hybridized carbons (Fsp3) is 0.556. The summed E-state index contributed by atoms with van der Waals surface area (Å²) in [4.78, 5) is 26.2. The van der Waals surface area contributed by atoms with Gasteiger partial charge >= 0.3 is 5.97 Å². The molecule has 0 radical (unpaired) electrons. The first-order valence-electron chi connectivity index (χ1n) is 8.42. The smallest absolute Gasteiger partial charge is 0.327 e. The van der Waals surface area contributed by atoms with Crippen LogP contribution in [0.1, 0.15) is 43.0 Å². The molecule has 25 heavy (non-hydrogen) atoms. The lowest BCUT2D eigenvalue weighted by molar-refractivity contribution is -0.141. The van der Waals surface area contributed by atoms with E-state index in [1.807, 2.05) is 0 Å². The molecule has 1 fully saturated rings. The zero-order valence-corrected chi connectivity index (χ0v) is 15.7. The van der Waals surface area contributed by atoms with Crippen LogP contribution in [0.3, 0.4) is 0 Å². The topological polar surface area (TPSA) is 76.1 Å². The van der Waals surface area contributed by atoms with Gasteiger partial charge < -0.3 is 19.5 Å². The van der Waals surface area contributed by atoms with E-state index in [-0.39, 0.29) is 11.3 Å². The number of unbranched alkanes of at least 4 members (excludes halogenated alkanes) is 2. The molecule has 1 aliphatic rings. The van der Waals surface area contributed by atoms with Crippen LogP contribution in [-0.4, -0.2) is 53.3 Å². The van der Waals surface area contributed by atoms with Gasteiger partial charge in [0.1, 0.15) is 17.5 Å². The van der Waals surface area contributed by atoms with Gasteiger partial charge in [0.25, 0.3) is 5.91 Å². The van der Waals surface area contributed by atoms with Crippen molar-refractivity contribution in [1.82, 2.24) is 4.90 Å². The maximum Gasteiger partial charge on any atom is 0.327 e. The van der Waals surface area contributed by atoms with Gasteiger partial charge in [-0.1, -0.05) is 26.2 Å². The molecule has 2 rings (SSSR count). The van der Waals surface area contributed by atoms with Crippen molar-refractivity contribution in [2.45, 2.75) is 44.0 Å². The van der Waals surface area contributed by atoms with Crippen LogP contribution in [0, 0.1) is 0 Å². The summed E-state index contributed by atoms with van der Waals surface area (Å²) >= 11 is 1.54. The summed E-state index contributed by atoms with van der Waals surface area (Å²) in [6.07, 6.45) is 3.94. The summed E-state index contributed by atoms with van der Waals surface area (Å²) in [5.74, 6) is 0.164. The molecule has 1 saturated heterocycles. The Morgan fingerprint density at radius 3 is 2.36 bits per heavy atom. The maximum absolute atomic E-state index is 13.1. The lowest BCUT2D eigenvalue weighted by Crippen LogP contribution is -2.45. The SMILES string of the molecule is CCCCC[C@H]1SC[C@H](C(=O)O)N1C(=O)c1cc(OC)cc(OC)c1. The Morgan fingerprint density at radius 2 is 1.84 bits per heavy atom. The summed E-state index contributed by atoms with van der Waals surface area (Å²) in [5.41, 5.74) is 0.380. The number of amides is 1. The van der Waals surface area contributed by atoms with E-state index in [0.717, 1.165) is 25.7 Å². The number of methoxy groups -OCH3 is 2. The Hall–Kier alpha value is -1.89. The highest BCUT2D eigenvalue weighted by atomic mass is 32.2. The lowest BCUT2D eigenvalue weighted by Gasteiger charge is -2.27. The molecular formula is C18H25NO5S. The third-order valence-electron chi connectivity index (χ3n) is 4.27. The molecule has 1 amide bonds. The zero-order chi connectivity index (χ0) is 18.4. The van der Waals surface area contributed by atoms with Crippen LogP contribution in [0.15, 0.2) is 18.2 Å². The fourth-order valence-corrected chi connectivity index (χ4v) is 4.34. The number of hydrogen-bond acceptors (Lipinski definition) is 5. The molecule has 1 aliphatic heterocycles. The minimum absolute atomic E-state index is 0.114. The van der Waals surface area contributed by atoms with Crippen LogP contribution in [0.25, 0.3) is 0 Å². The van der Waals surface area contributed by atoms with E-state index in [2.05, 4.69) is 6.92 Å². The Balaban J connectivity index is 2.29. The summed E-state index contributed by atoms with van der Waals surface area (Å²) < 4.78 is 10.4. The molecule has 7 heteroatoms. The quantitative estimate of drug-likeness (QED) is 0.711. The standard InChI is InChI=1S/C18H25NO5S/c1-4-5-6-7-16-19(15(11-25-16)18(21)22)17(20)12-8-13(23-2)10-14(9-12)24-3/h8-10,15-16H,4-7,11H2,1-3H3,(H,21,22)/t15-,16-/m1/s1. The number of carbonyl (C=O) groups excluding carboxylic acids is 1. The number of carboxylic acid groups (broad SMARTS) is 1. The van der Waals surface area contributed by atoms with Crippen molar-refractivity contribution < 1.29 is 24.2 Å². The number of ether oxygens (including phenoxy) is 2. The molecule has 0 bridgehead atoms. The van der Waals surface area contributed by atoms with Gasteiger partial charge in [0.05, 0.1) is 19.6 Å². The van der Waals surface area contributed by atoms with Crippen LogP contribution in [0.5, 0.6) is 11.5 Å². The summed E-state index contributed by atoms with van der Waals surface area (Å²) in [5, 5.41) is 9.40. The van der Waals surface area contributed by atoms with Crippen LogP contribution in [0.2, 0.25) is 0 Å². The highest BCUT2D eigenvalue weighted by Crippen LogP contribution is 2.35. The summed E-state index contributed by atoms with van der Waals surface area (Å²) in [6.45, 7) is 2.12. The molecule has 1 aromatic carbocycles. The molecule has 1 N–H and O–H groups in total. The van der Waals surface area contributed by atoms with Crippen molar-refractivity contribution in [2.75, 3.05) is 20.0 Å². The molecule has 6 nitrogen and oxygen atoms in total. The van der Waals surface area contributed by atoms with Crippen molar-refractivity contribution in [2.24, 2.45) is 0 Å². The van der Waals surface area contributed by atoms with Crippen LogP contribution in [-0.2, 0) is 4.79 Å². The number of rotatable bonds is 8. The first-order chi connectivity index (χ1) is 12.0. The Morgan fingerprint density at radius 1 is 1.20 bits per heavy atom. The molecular weight excluding hydrogens is 342 g/mol. The van der Waals surface area contributed by atoms with E-state index in [1.165, 1.54) is 19.1 Å². The van der Waals surface area contributed by atoms with E-state index >= 15 is 0 Å². The Bertz CT molecular complexity index is 599. The average Bonchev–Trinajstić information content (AvgIpc) is 3.04. The predicted octanol–water partition coefficient (Wildman–Crippen LogP) is 3.25. The molecule has 0 spiro atoms. The van der Waals surface area contributed by atoms with Crippen LogP contribution >= 0.6 is 11.8 Å². The summed E-state index contributed by atoms with van der Waals surface area (Å²) in [6, 6.07) is 4.12. The van der Waals surface area contributed by atoms with Crippen molar-refractivity contribution in [3.8, 4) is 11.5 Å². The minimum Gasteiger partial charge on any atom is -0.497 e. The van der Waals surface area contributed by atoms with Crippen molar-refractivity contribution in [3.05, 3.63) is 23.8 Å². The van der Waals surface area contributed by atoms with Gasteiger partial charge in [-0.15, -0.1) is 11.8 Å². The third-order valence-corrected chi connectivity index (χ3v) is 5.62. The number of aliphatic carboxylic acids is 1. The van der Waals surface area contributed by atoms with E-state index < -0.39 is 12.0 Å². The lowest BCUT2D eigenvalue weighted by atomic mass is 10.1.